The molecule has 0 atom stereocenters. The van der Waals surface area contributed by atoms with Gasteiger partial charge in [0.15, 0.2) is 5.43 Å². The van der Waals surface area contributed by atoms with Crippen LogP contribution in [-0.4, -0.2) is 14.2 Å². The molecule has 0 N–H and O–H groups in total. The van der Waals surface area contributed by atoms with Gasteiger partial charge in [0.2, 0.25) is 0 Å². The monoisotopic (exact) mass is 366 g/mol. The highest BCUT2D eigenvalue weighted by Gasteiger charge is 2.18. The minimum atomic E-state index is -0.0929. The van der Waals surface area contributed by atoms with Gasteiger partial charge in [0.05, 0.1) is 14.2 Å². The quantitative estimate of drug-likeness (QED) is 0.588. The molecule has 2 aromatic carbocycles. The van der Waals surface area contributed by atoms with Gasteiger partial charge >= 0.3 is 0 Å². The molecular formula is C23H26O4. The van der Waals surface area contributed by atoms with Crippen molar-refractivity contribution in [3.05, 3.63) is 57.7 Å². The van der Waals surface area contributed by atoms with Gasteiger partial charge in [0.1, 0.15) is 28.2 Å². The van der Waals surface area contributed by atoms with E-state index < -0.39 is 0 Å². The van der Waals surface area contributed by atoms with Crippen molar-refractivity contribution in [1.82, 2.24) is 0 Å². The number of ether oxygens (including phenoxy) is 2. The summed E-state index contributed by atoms with van der Waals surface area (Å²) < 4.78 is 16.9. The van der Waals surface area contributed by atoms with Crippen LogP contribution in [0, 0.1) is 12.8 Å². The molecule has 3 aromatic rings. The Morgan fingerprint density at radius 2 is 1.74 bits per heavy atom. The fourth-order valence-electron chi connectivity index (χ4n) is 3.28. The minimum Gasteiger partial charge on any atom is -0.497 e. The third-order valence-corrected chi connectivity index (χ3v) is 4.86. The van der Waals surface area contributed by atoms with Gasteiger partial charge in [0.25, 0.3) is 0 Å². The molecule has 4 heteroatoms. The zero-order valence-electron chi connectivity index (χ0n) is 16.6. The van der Waals surface area contributed by atoms with Gasteiger partial charge in [-0.1, -0.05) is 13.8 Å². The highest BCUT2D eigenvalue weighted by Crippen LogP contribution is 2.33. The minimum absolute atomic E-state index is 0.0929. The van der Waals surface area contributed by atoms with Gasteiger partial charge in [-0.2, -0.15) is 0 Å². The van der Waals surface area contributed by atoms with Crippen molar-refractivity contribution in [3.63, 3.8) is 0 Å². The topological polar surface area (TPSA) is 48.7 Å². The Kier molecular flexibility index (Phi) is 5.54. The predicted molar refractivity (Wildman–Crippen MR) is 109 cm³/mol. The molecular weight excluding hydrogens is 340 g/mol. The second-order valence-corrected chi connectivity index (χ2v) is 7.21. The van der Waals surface area contributed by atoms with Crippen molar-refractivity contribution in [3.8, 4) is 22.8 Å². The summed E-state index contributed by atoms with van der Waals surface area (Å²) in [5, 5.41) is 0.513. The Morgan fingerprint density at radius 3 is 2.33 bits per heavy atom. The van der Waals surface area contributed by atoms with Gasteiger partial charge in [0, 0.05) is 11.6 Å². The van der Waals surface area contributed by atoms with Crippen molar-refractivity contribution < 1.29 is 13.9 Å². The summed E-state index contributed by atoms with van der Waals surface area (Å²) >= 11 is 0. The van der Waals surface area contributed by atoms with Crippen LogP contribution < -0.4 is 14.9 Å². The van der Waals surface area contributed by atoms with E-state index in [1.165, 1.54) is 6.07 Å². The number of aryl methyl sites for hydroxylation is 2. The van der Waals surface area contributed by atoms with Crippen LogP contribution in [0.2, 0.25) is 0 Å². The third kappa shape index (κ3) is 3.85. The number of hydrogen-bond donors (Lipinski definition) is 0. The van der Waals surface area contributed by atoms with Crippen LogP contribution in [0.3, 0.4) is 0 Å². The predicted octanol–water partition coefficient (Wildman–Crippen LogP) is 5.37. The average Bonchev–Trinajstić information content (AvgIpc) is 2.66. The molecule has 0 saturated carbocycles. The second kappa shape index (κ2) is 7.87. The Morgan fingerprint density at radius 1 is 1.04 bits per heavy atom. The highest BCUT2D eigenvalue weighted by atomic mass is 16.5. The van der Waals surface area contributed by atoms with Crippen molar-refractivity contribution in [2.75, 3.05) is 14.2 Å². The lowest BCUT2D eigenvalue weighted by atomic mass is 9.96. The first-order valence-electron chi connectivity index (χ1n) is 9.23. The maximum Gasteiger partial charge on any atom is 0.197 e. The van der Waals surface area contributed by atoms with Gasteiger partial charge in [-0.3, -0.25) is 4.79 Å². The summed E-state index contributed by atoms with van der Waals surface area (Å²) in [7, 11) is 3.21. The maximum atomic E-state index is 12.9. The van der Waals surface area contributed by atoms with Crippen molar-refractivity contribution in [2.24, 2.45) is 5.92 Å². The Balaban J connectivity index is 2.23. The first-order valence-corrected chi connectivity index (χ1v) is 9.23. The fraction of sp³-hybridized carbons (Fsp3) is 0.348. The largest absolute Gasteiger partial charge is 0.497 e. The molecule has 1 aromatic heterocycles. The Bertz CT molecular complexity index is 998. The molecule has 1 heterocycles. The first-order chi connectivity index (χ1) is 12.9. The molecule has 0 unspecified atom stereocenters. The van der Waals surface area contributed by atoms with E-state index in [0.717, 1.165) is 35.3 Å². The zero-order valence-corrected chi connectivity index (χ0v) is 16.6. The van der Waals surface area contributed by atoms with E-state index in [-0.39, 0.29) is 5.43 Å². The summed E-state index contributed by atoms with van der Waals surface area (Å²) in [6.45, 7) is 6.43. The second-order valence-electron chi connectivity index (χ2n) is 7.21. The third-order valence-electron chi connectivity index (χ3n) is 4.86. The van der Waals surface area contributed by atoms with Crippen LogP contribution in [0.1, 0.15) is 31.4 Å². The van der Waals surface area contributed by atoms with E-state index in [9.17, 15) is 4.79 Å². The summed E-state index contributed by atoms with van der Waals surface area (Å²) in [4.78, 5) is 12.9. The van der Waals surface area contributed by atoms with Crippen LogP contribution in [0.5, 0.6) is 11.5 Å². The molecule has 0 spiro atoms. The molecule has 3 rings (SSSR count). The van der Waals surface area contributed by atoms with E-state index >= 15 is 0 Å². The summed E-state index contributed by atoms with van der Waals surface area (Å²) in [6, 6.07) is 11.0. The molecule has 142 valence electrons. The van der Waals surface area contributed by atoms with Crippen molar-refractivity contribution in [1.29, 1.82) is 0 Å². The van der Waals surface area contributed by atoms with Gasteiger partial charge in [-0.15, -0.1) is 0 Å². The van der Waals surface area contributed by atoms with Crippen LogP contribution in [-0.2, 0) is 6.42 Å². The molecule has 4 nitrogen and oxygen atoms in total. The van der Waals surface area contributed by atoms with Crippen molar-refractivity contribution >= 4 is 11.0 Å². The molecule has 0 fully saturated rings. The van der Waals surface area contributed by atoms with E-state index in [4.69, 9.17) is 13.9 Å². The molecule has 0 aliphatic heterocycles. The SMILES string of the molecule is COc1ccc(-c2cc(=O)c3c(OC)cc(C)c(CCC(C)C)c3o2)cc1. The molecule has 0 aliphatic rings. The molecule has 0 radical (unpaired) electrons. The number of methoxy groups -OCH3 is 2. The number of hydrogen-bond acceptors (Lipinski definition) is 4. The molecule has 0 aliphatic carbocycles. The molecule has 0 bridgehead atoms. The highest BCUT2D eigenvalue weighted by molar-refractivity contribution is 5.88. The molecule has 0 amide bonds. The number of benzene rings is 2. The zero-order chi connectivity index (χ0) is 19.6. The normalized spacial score (nSPS) is 11.2. The van der Waals surface area contributed by atoms with Gasteiger partial charge in [-0.05, 0) is 67.1 Å². The van der Waals surface area contributed by atoms with Gasteiger partial charge in [-0.25, -0.2) is 0 Å². The maximum absolute atomic E-state index is 12.9. The van der Waals surface area contributed by atoms with E-state index in [0.29, 0.717) is 28.4 Å². The van der Waals surface area contributed by atoms with Crippen LogP contribution in [0.15, 0.2) is 45.6 Å². The van der Waals surface area contributed by atoms with E-state index in [1.807, 2.05) is 37.3 Å². The molecule has 0 saturated heterocycles. The fourth-order valence-corrected chi connectivity index (χ4v) is 3.28. The van der Waals surface area contributed by atoms with Crippen LogP contribution in [0.25, 0.3) is 22.3 Å². The van der Waals surface area contributed by atoms with E-state index in [1.54, 1.807) is 14.2 Å². The lowest BCUT2D eigenvalue weighted by Crippen LogP contribution is -2.06. The summed E-state index contributed by atoms with van der Waals surface area (Å²) in [5.74, 6) is 2.44. The Labute approximate surface area is 159 Å². The standard InChI is InChI=1S/C23H26O4/c1-14(2)6-11-18-15(3)12-21(26-5)22-19(24)13-20(27-23(18)22)16-7-9-17(25-4)10-8-16/h7-10,12-14H,6,11H2,1-5H3. The first kappa shape index (κ1) is 19.0. The average molecular weight is 366 g/mol. The number of fused-ring (bicyclic) bond motifs is 1. The van der Waals surface area contributed by atoms with Crippen LogP contribution in [0.4, 0.5) is 0 Å². The smallest absolute Gasteiger partial charge is 0.197 e. The Hall–Kier alpha value is -2.75. The summed E-state index contributed by atoms with van der Waals surface area (Å²) in [5.41, 5.74) is 3.53. The lowest BCUT2D eigenvalue weighted by Gasteiger charge is -2.14. The lowest BCUT2D eigenvalue weighted by molar-refractivity contribution is 0.415. The number of rotatable bonds is 6. The van der Waals surface area contributed by atoms with Gasteiger partial charge < -0.3 is 13.9 Å². The van der Waals surface area contributed by atoms with Crippen molar-refractivity contribution in [2.45, 2.75) is 33.6 Å². The molecule has 27 heavy (non-hydrogen) atoms. The van der Waals surface area contributed by atoms with E-state index in [2.05, 4.69) is 13.8 Å². The summed E-state index contributed by atoms with van der Waals surface area (Å²) in [6.07, 6.45) is 1.89. The van der Waals surface area contributed by atoms with Crippen LogP contribution >= 0.6 is 0 Å².